The molecule has 2 rings (SSSR count). The molecule has 0 bridgehead atoms. The van der Waals surface area contributed by atoms with Crippen molar-refractivity contribution in [1.29, 1.82) is 0 Å². The number of benzene rings is 1. The van der Waals surface area contributed by atoms with Gasteiger partial charge in [0.1, 0.15) is 5.56 Å². The van der Waals surface area contributed by atoms with Gasteiger partial charge in [0.15, 0.2) is 0 Å². The molecule has 120 valence electrons. The second-order valence-corrected chi connectivity index (χ2v) is 6.91. The van der Waals surface area contributed by atoms with Gasteiger partial charge >= 0.3 is 0 Å². The van der Waals surface area contributed by atoms with E-state index in [4.69, 9.17) is 0 Å². The number of hydrogen-bond acceptors (Lipinski definition) is 3. The lowest BCUT2D eigenvalue weighted by Gasteiger charge is -2.43. The second kappa shape index (κ2) is 6.46. The van der Waals surface area contributed by atoms with E-state index in [0.29, 0.717) is 0 Å². The molecule has 1 aromatic carbocycles. The van der Waals surface area contributed by atoms with Crippen LogP contribution in [0.15, 0.2) is 24.3 Å². The predicted molar refractivity (Wildman–Crippen MR) is 85.9 cm³/mol. The SMILES string of the molecule is CC(C)(C)N(C(=O)c1ccccc1[N+](=O)[O-])C1CCCCC1. The number of carbonyl (C=O) groups is 1. The third kappa shape index (κ3) is 3.46. The number of para-hydroxylation sites is 1. The Morgan fingerprint density at radius 3 is 2.32 bits per heavy atom. The van der Waals surface area contributed by atoms with Gasteiger partial charge in [-0.1, -0.05) is 31.4 Å². The van der Waals surface area contributed by atoms with Crippen molar-refractivity contribution in [3.8, 4) is 0 Å². The Labute approximate surface area is 131 Å². The summed E-state index contributed by atoms with van der Waals surface area (Å²) >= 11 is 0. The monoisotopic (exact) mass is 304 g/mol. The maximum Gasteiger partial charge on any atom is 0.282 e. The Hall–Kier alpha value is -1.91. The lowest BCUT2D eigenvalue weighted by molar-refractivity contribution is -0.385. The van der Waals surface area contributed by atoms with Crippen LogP contribution in [0.3, 0.4) is 0 Å². The average Bonchev–Trinajstić information content (AvgIpc) is 2.47. The van der Waals surface area contributed by atoms with Crippen molar-refractivity contribution >= 4 is 11.6 Å². The number of carbonyl (C=O) groups excluding carboxylic acids is 1. The normalized spacial score (nSPS) is 16.3. The summed E-state index contributed by atoms with van der Waals surface area (Å²) in [5.74, 6) is -0.230. The summed E-state index contributed by atoms with van der Waals surface area (Å²) in [5.41, 5.74) is -0.284. The first-order chi connectivity index (χ1) is 10.3. The van der Waals surface area contributed by atoms with Crippen LogP contribution >= 0.6 is 0 Å². The molecule has 1 aliphatic rings. The zero-order chi connectivity index (χ0) is 16.3. The molecule has 0 radical (unpaired) electrons. The fourth-order valence-electron chi connectivity index (χ4n) is 3.30. The number of hydrogen-bond donors (Lipinski definition) is 0. The van der Waals surface area contributed by atoms with Crippen molar-refractivity contribution < 1.29 is 9.72 Å². The van der Waals surface area contributed by atoms with Crippen molar-refractivity contribution in [2.45, 2.75) is 64.5 Å². The Morgan fingerprint density at radius 2 is 1.77 bits per heavy atom. The molecular weight excluding hydrogens is 280 g/mol. The molecule has 5 nitrogen and oxygen atoms in total. The molecule has 0 heterocycles. The van der Waals surface area contributed by atoms with E-state index in [0.717, 1.165) is 25.7 Å². The van der Waals surface area contributed by atoms with Crippen LogP contribution in [0.25, 0.3) is 0 Å². The zero-order valence-corrected chi connectivity index (χ0v) is 13.5. The summed E-state index contributed by atoms with van der Waals surface area (Å²) in [7, 11) is 0. The van der Waals surface area contributed by atoms with Gasteiger partial charge in [0, 0.05) is 17.6 Å². The molecule has 0 aliphatic heterocycles. The minimum Gasteiger partial charge on any atom is -0.331 e. The van der Waals surface area contributed by atoms with E-state index in [1.54, 1.807) is 18.2 Å². The highest BCUT2D eigenvalue weighted by atomic mass is 16.6. The fourth-order valence-corrected chi connectivity index (χ4v) is 3.30. The van der Waals surface area contributed by atoms with E-state index in [-0.39, 0.29) is 28.7 Å². The first-order valence-corrected chi connectivity index (χ1v) is 7.89. The van der Waals surface area contributed by atoms with E-state index in [9.17, 15) is 14.9 Å². The van der Waals surface area contributed by atoms with Crippen LogP contribution in [0.2, 0.25) is 0 Å². The van der Waals surface area contributed by atoms with Crippen molar-refractivity contribution in [3.05, 3.63) is 39.9 Å². The molecule has 1 aromatic rings. The van der Waals surface area contributed by atoms with E-state index < -0.39 is 4.92 Å². The Morgan fingerprint density at radius 1 is 1.18 bits per heavy atom. The second-order valence-electron chi connectivity index (χ2n) is 6.91. The van der Waals surface area contributed by atoms with Crippen molar-refractivity contribution in [3.63, 3.8) is 0 Å². The molecule has 0 N–H and O–H groups in total. The molecular formula is C17H24N2O3. The summed E-state index contributed by atoms with van der Waals surface area (Å²) in [6, 6.07) is 6.40. The van der Waals surface area contributed by atoms with Gasteiger partial charge in [-0.3, -0.25) is 14.9 Å². The van der Waals surface area contributed by atoms with Crippen LogP contribution in [-0.4, -0.2) is 27.3 Å². The summed E-state index contributed by atoms with van der Waals surface area (Å²) in [4.78, 5) is 25.6. The quantitative estimate of drug-likeness (QED) is 0.622. The summed E-state index contributed by atoms with van der Waals surface area (Å²) < 4.78 is 0. The van der Waals surface area contributed by atoms with Crippen molar-refractivity contribution in [2.75, 3.05) is 0 Å². The van der Waals surface area contributed by atoms with Crippen LogP contribution in [0.4, 0.5) is 5.69 Å². The van der Waals surface area contributed by atoms with Gasteiger partial charge in [0.2, 0.25) is 0 Å². The Balaban J connectivity index is 2.40. The number of rotatable bonds is 3. The maximum absolute atomic E-state index is 13.0. The van der Waals surface area contributed by atoms with Gasteiger partial charge in [-0.25, -0.2) is 0 Å². The average molecular weight is 304 g/mol. The third-order valence-corrected chi connectivity index (χ3v) is 4.21. The minimum absolute atomic E-state index is 0.113. The molecule has 0 saturated heterocycles. The fraction of sp³-hybridized carbons (Fsp3) is 0.588. The van der Waals surface area contributed by atoms with Gasteiger partial charge in [-0.15, -0.1) is 0 Å². The number of nitro benzene ring substituents is 1. The lowest BCUT2D eigenvalue weighted by Crippen LogP contribution is -2.52. The summed E-state index contributed by atoms with van der Waals surface area (Å²) in [5, 5.41) is 11.2. The topological polar surface area (TPSA) is 63.5 Å². The van der Waals surface area contributed by atoms with Gasteiger partial charge in [0.05, 0.1) is 4.92 Å². The van der Waals surface area contributed by atoms with Crippen LogP contribution in [0.1, 0.15) is 63.2 Å². The molecule has 1 fully saturated rings. The molecule has 1 aliphatic carbocycles. The van der Waals surface area contributed by atoms with Crippen LogP contribution < -0.4 is 0 Å². The lowest BCUT2D eigenvalue weighted by atomic mass is 9.90. The highest BCUT2D eigenvalue weighted by Gasteiger charge is 2.36. The summed E-state index contributed by atoms with van der Waals surface area (Å²) in [6.07, 6.45) is 5.38. The molecule has 0 unspecified atom stereocenters. The van der Waals surface area contributed by atoms with Crippen LogP contribution in [-0.2, 0) is 0 Å². The highest BCUT2D eigenvalue weighted by Crippen LogP contribution is 2.31. The number of nitrogens with zero attached hydrogens (tertiary/aromatic N) is 2. The third-order valence-electron chi connectivity index (χ3n) is 4.21. The largest absolute Gasteiger partial charge is 0.331 e. The standard InChI is InChI=1S/C17H24N2O3/c1-17(2,3)18(13-9-5-4-6-10-13)16(20)14-11-7-8-12-15(14)19(21)22/h7-8,11-13H,4-6,9-10H2,1-3H3. The van der Waals surface area contributed by atoms with Crippen molar-refractivity contribution in [1.82, 2.24) is 4.90 Å². The maximum atomic E-state index is 13.0. The first kappa shape index (κ1) is 16.5. The van der Waals surface area contributed by atoms with E-state index in [2.05, 4.69) is 0 Å². The zero-order valence-electron chi connectivity index (χ0n) is 13.5. The predicted octanol–water partition coefficient (Wildman–Crippen LogP) is 4.17. The van der Waals surface area contributed by atoms with E-state index >= 15 is 0 Å². The molecule has 0 atom stereocenters. The number of nitro groups is 1. The van der Waals surface area contributed by atoms with Crippen LogP contribution in [0, 0.1) is 10.1 Å². The molecule has 0 aromatic heterocycles. The molecule has 1 amide bonds. The van der Waals surface area contributed by atoms with Crippen molar-refractivity contribution in [2.24, 2.45) is 0 Å². The Kier molecular flexibility index (Phi) is 4.84. The smallest absolute Gasteiger partial charge is 0.282 e. The molecule has 1 saturated carbocycles. The highest BCUT2D eigenvalue weighted by molar-refractivity contribution is 5.98. The van der Waals surface area contributed by atoms with Gasteiger partial charge in [-0.2, -0.15) is 0 Å². The van der Waals surface area contributed by atoms with Gasteiger partial charge in [0.25, 0.3) is 11.6 Å². The van der Waals surface area contributed by atoms with E-state index in [1.165, 1.54) is 12.5 Å². The Bertz CT molecular complexity index is 557. The molecule has 0 spiro atoms. The van der Waals surface area contributed by atoms with E-state index in [1.807, 2.05) is 25.7 Å². The first-order valence-electron chi connectivity index (χ1n) is 7.89. The summed E-state index contributed by atoms with van der Waals surface area (Å²) in [6.45, 7) is 5.98. The minimum atomic E-state index is -0.477. The molecule has 5 heteroatoms. The van der Waals surface area contributed by atoms with Gasteiger partial charge < -0.3 is 4.90 Å². The van der Waals surface area contributed by atoms with Gasteiger partial charge in [-0.05, 0) is 39.7 Å². The molecule has 22 heavy (non-hydrogen) atoms. The van der Waals surface area contributed by atoms with Crippen LogP contribution in [0.5, 0.6) is 0 Å². The number of amides is 1.